The fourth-order valence-corrected chi connectivity index (χ4v) is 4.66. The second kappa shape index (κ2) is 8.14. The minimum atomic E-state index is -3.76. The lowest BCUT2D eigenvalue weighted by atomic mass is 10.1. The first kappa shape index (κ1) is 18.8. The molecular weight excluding hydrogens is 368 g/mol. The summed E-state index contributed by atoms with van der Waals surface area (Å²) in [6, 6.07) is 13.5. The molecule has 7 heteroatoms. The highest BCUT2D eigenvalue weighted by Crippen LogP contribution is 2.27. The van der Waals surface area contributed by atoms with E-state index in [2.05, 4.69) is 4.72 Å². The number of thioether (sulfide) groups is 1. The van der Waals surface area contributed by atoms with Gasteiger partial charge in [-0.2, -0.15) is 0 Å². The number of likely N-dealkylation sites (tertiary alicyclic amines) is 1. The van der Waals surface area contributed by atoms with Gasteiger partial charge in [0.1, 0.15) is 0 Å². The molecular formula is C19H22N2O3S2. The van der Waals surface area contributed by atoms with Gasteiger partial charge in [0.15, 0.2) is 0 Å². The number of benzene rings is 2. The van der Waals surface area contributed by atoms with Gasteiger partial charge in [-0.15, -0.1) is 11.8 Å². The van der Waals surface area contributed by atoms with Crippen LogP contribution in [0.4, 0.5) is 5.69 Å². The lowest BCUT2D eigenvalue weighted by Crippen LogP contribution is -2.36. The van der Waals surface area contributed by atoms with Gasteiger partial charge >= 0.3 is 0 Å². The normalized spacial score (nSPS) is 14.9. The zero-order chi connectivity index (χ0) is 18.6. The monoisotopic (exact) mass is 390 g/mol. The van der Waals surface area contributed by atoms with E-state index < -0.39 is 10.0 Å². The average molecular weight is 391 g/mol. The number of sulfonamides is 1. The highest BCUT2D eigenvalue weighted by molar-refractivity contribution is 7.98. The first-order valence-electron chi connectivity index (χ1n) is 8.56. The molecule has 1 saturated heterocycles. The van der Waals surface area contributed by atoms with Crippen molar-refractivity contribution in [2.45, 2.75) is 29.1 Å². The Morgan fingerprint density at radius 1 is 1.04 bits per heavy atom. The van der Waals surface area contributed by atoms with Crippen LogP contribution in [0.3, 0.4) is 0 Å². The van der Waals surface area contributed by atoms with E-state index in [4.69, 9.17) is 0 Å². The lowest BCUT2D eigenvalue weighted by molar-refractivity contribution is 0.0720. The van der Waals surface area contributed by atoms with E-state index in [1.54, 1.807) is 36.4 Å². The molecule has 0 saturated carbocycles. The summed E-state index contributed by atoms with van der Waals surface area (Å²) in [6.45, 7) is 1.46. The standard InChI is InChI=1S/C19H22N2O3S2/c1-25-18-11-10-16(26(23,24)20-15-8-4-2-5-9-15)14-17(18)19(22)21-12-6-3-7-13-21/h2,4-5,8-11,14,20H,3,6-7,12-13H2,1H3. The van der Waals surface area contributed by atoms with Crippen molar-refractivity contribution < 1.29 is 13.2 Å². The average Bonchev–Trinajstić information content (AvgIpc) is 2.68. The van der Waals surface area contributed by atoms with Crippen molar-refractivity contribution in [3.8, 4) is 0 Å². The molecule has 0 unspecified atom stereocenters. The summed E-state index contributed by atoms with van der Waals surface area (Å²) >= 11 is 1.45. The number of piperidine rings is 1. The van der Waals surface area contributed by atoms with Crippen LogP contribution in [0.5, 0.6) is 0 Å². The maximum Gasteiger partial charge on any atom is 0.261 e. The molecule has 1 fully saturated rings. The molecule has 1 aliphatic heterocycles. The van der Waals surface area contributed by atoms with Gasteiger partial charge in [-0.1, -0.05) is 18.2 Å². The van der Waals surface area contributed by atoms with E-state index in [1.807, 2.05) is 17.2 Å². The van der Waals surface area contributed by atoms with Gasteiger partial charge in [0.2, 0.25) is 0 Å². The van der Waals surface area contributed by atoms with Crippen LogP contribution in [0.25, 0.3) is 0 Å². The fourth-order valence-electron chi connectivity index (χ4n) is 3.01. The molecule has 0 spiro atoms. The second-order valence-electron chi connectivity index (χ2n) is 6.19. The lowest BCUT2D eigenvalue weighted by Gasteiger charge is -2.27. The number of para-hydroxylation sites is 1. The van der Waals surface area contributed by atoms with Gasteiger partial charge in [-0.25, -0.2) is 8.42 Å². The van der Waals surface area contributed by atoms with E-state index in [1.165, 1.54) is 17.8 Å². The minimum Gasteiger partial charge on any atom is -0.339 e. The van der Waals surface area contributed by atoms with Gasteiger partial charge in [0.25, 0.3) is 15.9 Å². The molecule has 1 heterocycles. The van der Waals surface area contributed by atoms with Crippen LogP contribution in [0, 0.1) is 0 Å². The molecule has 26 heavy (non-hydrogen) atoms. The van der Waals surface area contributed by atoms with Crippen LogP contribution >= 0.6 is 11.8 Å². The van der Waals surface area contributed by atoms with E-state index in [0.29, 0.717) is 11.3 Å². The van der Waals surface area contributed by atoms with Crippen molar-refractivity contribution in [1.29, 1.82) is 0 Å². The number of rotatable bonds is 5. The maximum atomic E-state index is 12.9. The molecule has 0 radical (unpaired) electrons. The smallest absolute Gasteiger partial charge is 0.261 e. The predicted octanol–water partition coefficient (Wildman–Crippen LogP) is 3.84. The second-order valence-corrected chi connectivity index (χ2v) is 8.72. The molecule has 138 valence electrons. The number of carbonyl (C=O) groups excluding carboxylic acids is 1. The summed E-state index contributed by atoms with van der Waals surface area (Å²) in [5, 5.41) is 0. The van der Waals surface area contributed by atoms with Gasteiger partial charge in [0.05, 0.1) is 10.5 Å². The highest BCUT2D eigenvalue weighted by Gasteiger charge is 2.23. The van der Waals surface area contributed by atoms with E-state index in [0.717, 1.165) is 37.2 Å². The number of nitrogens with zero attached hydrogens (tertiary/aromatic N) is 1. The Labute approximate surface area is 158 Å². The van der Waals surface area contributed by atoms with Gasteiger partial charge in [-0.05, 0) is 55.9 Å². The van der Waals surface area contributed by atoms with E-state index in [9.17, 15) is 13.2 Å². The van der Waals surface area contributed by atoms with Crippen LogP contribution in [0.1, 0.15) is 29.6 Å². The van der Waals surface area contributed by atoms with Crippen LogP contribution in [0.15, 0.2) is 58.3 Å². The highest BCUT2D eigenvalue weighted by atomic mass is 32.2. The molecule has 0 atom stereocenters. The van der Waals surface area contributed by atoms with Crippen LogP contribution in [-0.2, 0) is 10.0 Å². The van der Waals surface area contributed by atoms with Gasteiger partial charge in [-0.3, -0.25) is 9.52 Å². The molecule has 0 aliphatic carbocycles. The minimum absolute atomic E-state index is 0.0918. The largest absolute Gasteiger partial charge is 0.339 e. The van der Waals surface area contributed by atoms with Crippen molar-refractivity contribution >= 4 is 33.4 Å². The van der Waals surface area contributed by atoms with E-state index in [-0.39, 0.29) is 10.8 Å². The van der Waals surface area contributed by atoms with Crippen molar-refractivity contribution in [2.75, 3.05) is 24.1 Å². The number of carbonyl (C=O) groups is 1. The Kier molecular flexibility index (Phi) is 5.88. The number of hydrogen-bond acceptors (Lipinski definition) is 4. The Balaban J connectivity index is 1.92. The summed E-state index contributed by atoms with van der Waals surface area (Å²) in [7, 11) is -3.76. The molecule has 0 bridgehead atoms. The number of hydrogen-bond donors (Lipinski definition) is 1. The molecule has 2 aromatic carbocycles. The van der Waals surface area contributed by atoms with Crippen molar-refractivity contribution in [3.63, 3.8) is 0 Å². The number of nitrogens with one attached hydrogen (secondary N) is 1. The Morgan fingerprint density at radius 2 is 1.73 bits per heavy atom. The van der Waals surface area contributed by atoms with Crippen LogP contribution in [0.2, 0.25) is 0 Å². The SMILES string of the molecule is CSc1ccc(S(=O)(=O)Nc2ccccc2)cc1C(=O)N1CCCCC1. The van der Waals surface area contributed by atoms with E-state index >= 15 is 0 Å². The predicted molar refractivity (Wildman–Crippen MR) is 105 cm³/mol. The quantitative estimate of drug-likeness (QED) is 0.788. The Hall–Kier alpha value is -1.99. The van der Waals surface area contributed by atoms with Crippen molar-refractivity contribution in [2.24, 2.45) is 0 Å². The summed E-state index contributed by atoms with van der Waals surface area (Å²) < 4.78 is 28.0. The molecule has 5 nitrogen and oxygen atoms in total. The number of amides is 1. The van der Waals surface area contributed by atoms with Gasteiger partial charge < -0.3 is 4.90 Å². The first-order chi connectivity index (χ1) is 12.5. The summed E-state index contributed by atoms with van der Waals surface area (Å²) in [6.07, 6.45) is 5.01. The summed E-state index contributed by atoms with van der Waals surface area (Å²) in [5.74, 6) is -0.0918. The third kappa shape index (κ3) is 4.22. The maximum absolute atomic E-state index is 12.9. The van der Waals surface area contributed by atoms with Crippen LogP contribution < -0.4 is 4.72 Å². The third-order valence-electron chi connectivity index (χ3n) is 4.38. The first-order valence-corrected chi connectivity index (χ1v) is 11.3. The molecule has 1 amide bonds. The molecule has 1 aliphatic rings. The zero-order valence-corrected chi connectivity index (χ0v) is 16.3. The Morgan fingerprint density at radius 3 is 2.38 bits per heavy atom. The van der Waals surface area contributed by atoms with Crippen molar-refractivity contribution in [1.82, 2.24) is 4.90 Å². The fraction of sp³-hybridized carbons (Fsp3) is 0.316. The van der Waals surface area contributed by atoms with Crippen LogP contribution in [-0.4, -0.2) is 38.6 Å². The third-order valence-corrected chi connectivity index (χ3v) is 6.56. The molecule has 2 aromatic rings. The summed E-state index contributed by atoms with van der Waals surface area (Å²) in [5.41, 5.74) is 0.945. The molecule has 0 aromatic heterocycles. The zero-order valence-electron chi connectivity index (χ0n) is 14.6. The van der Waals surface area contributed by atoms with Crippen molar-refractivity contribution in [3.05, 3.63) is 54.1 Å². The number of anilines is 1. The Bertz CT molecular complexity index is 877. The molecule has 3 rings (SSSR count). The topological polar surface area (TPSA) is 66.5 Å². The van der Waals surface area contributed by atoms with Gasteiger partial charge in [0, 0.05) is 23.7 Å². The molecule has 1 N–H and O–H groups in total. The summed E-state index contributed by atoms with van der Waals surface area (Å²) in [4.78, 5) is 15.6.